The van der Waals surface area contributed by atoms with Crippen molar-refractivity contribution in [3.8, 4) is 0 Å². The normalized spacial score (nSPS) is 36.0. The molecule has 5 heteroatoms. The second-order valence-electron chi connectivity index (χ2n) is 20.2. The van der Waals surface area contributed by atoms with Crippen LogP contribution in [0.4, 0.5) is 0 Å². The van der Waals surface area contributed by atoms with Crippen LogP contribution >= 0.6 is 0 Å². The van der Waals surface area contributed by atoms with Gasteiger partial charge in [-0.1, -0.05) is 146 Å². The minimum absolute atomic E-state index is 0.0407. The molecule has 4 saturated carbocycles. The Hall–Kier alpha value is -2.92. The first kappa shape index (κ1) is 46.2. The van der Waals surface area contributed by atoms with Crippen molar-refractivity contribution in [3.05, 3.63) is 84.6 Å². The fourth-order valence-corrected chi connectivity index (χ4v) is 13.3. The molecule has 0 saturated heterocycles. The molecule has 58 heavy (non-hydrogen) atoms. The van der Waals surface area contributed by atoms with Crippen molar-refractivity contribution < 1.29 is 14.7 Å². The highest BCUT2D eigenvalue weighted by molar-refractivity contribution is 5.84. The summed E-state index contributed by atoms with van der Waals surface area (Å²) in [5.41, 5.74) is 1.69. The second-order valence-corrected chi connectivity index (χ2v) is 20.2. The molecule has 5 nitrogen and oxygen atoms in total. The van der Waals surface area contributed by atoms with Gasteiger partial charge < -0.3 is 15.7 Å². The summed E-state index contributed by atoms with van der Waals surface area (Å²) in [5, 5.41) is 17.5. The van der Waals surface area contributed by atoms with E-state index < -0.39 is 0 Å². The summed E-state index contributed by atoms with van der Waals surface area (Å²) in [5.74, 6) is 2.16. The SMILES string of the molecule is CCC=CCC=CCC=CCC=CCC=CCC=CCCC(=O)NCCNC(=O)C12CCCC(C)C1C1=CCC3C4(C)CCC(O)C(C)(C)C4CCC3(C)C1(C)CC2. The number of aliphatic hydroxyl groups excluding tert-OH is 1. The predicted molar refractivity (Wildman–Crippen MR) is 244 cm³/mol. The Morgan fingerprint density at radius 1 is 0.707 bits per heavy atom. The number of amides is 2. The van der Waals surface area contributed by atoms with Gasteiger partial charge in [0.25, 0.3) is 0 Å². The van der Waals surface area contributed by atoms with E-state index in [0.717, 1.165) is 89.9 Å². The largest absolute Gasteiger partial charge is 0.393 e. The molecule has 0 aromatic rings. The van der Waals surface area contributed by atoms with Gasteiger partial charge in [-0.25, -0.2) is 0 Å². The summed E-state index contributed by atoms with van der Waals surface area (Å²) in [6.07, 6.45) is 46.6. The number of hydrogen-bond donors (Lipinski definition) is 3. The molecule has 9 unspecified atom stereocenters. The molecule has 0 spiro atoms. The van der Waals surface area contributed by atoms with Gasteiger partial charge in [0.1, 0.15) is 0 Å². The number of nitrogens with one attached hydrogen (secondary N) is 2. The van der Waals surface area contributed by atoms with Crippen LogP contribution in [0, 0.1) is 50.7 Å². The van der Waals surface area contributed by atoms with Crippen molar-refractivity contribution in [2.75, 3.05) is 13.1 Å². The van der Waals surface area contributed by atoms with Gasteiger partial charge in [-0.3, -0.25) is 9.59 Å². The number of carbonyl (C=O) groups is 2. The van der Waals surface area contributed by atoms with E-state index in [2.05, 4.69) is 138 Å². The van der Waals surface area contributed by atoms with Crippen LogP contribution in [0.2, 0.25) is 0 Å². The van der Waals surface area contributed by atoms with Crippen LogP contribution in [-0.2, 0) is 9.59 Å². The third kappa shape index (κ3) is 9.82. The molecule has 5 aliphatic carbocycles. The summed E-state index contributed by atoms with van der Waals surface area (Å²) < 4.78 is 0. The molecular weight excluding hydrogens is 713 g/mol. The molecule has 0 radical (unpaired) electrons. The molecule has 0 heterocycles. The fraction of sp³-hybridized carbons (Fsp3) is 0.698. The first-order valence-electron chi connectivity index (χ1n) is 23.6. The van der Waals surface area contributed by atoms with Gasteiger partial charge in [0.2, 0.25) is 11.8 Å². The van der Waals surface area contributed by atoms with Gasteiger partial charge in [-0.2, -0.15) is 0 Å². The van der Waals surface area contributed by atoms with E-state index >= 15 is 0 Å². The lowest BCUT2D eigenvalue weighted by molar-refractivity contribution is -0.203. The molecule has 5 aliphatic rings. The van der Waals surface area contributed by atoms with Gasteiger partial charge in [0.15, 0.2) is 0 Å². The highest BCUT2D eigenvalue weighted by atomic mass is 16.3. The molecule has 0 aromatic heterocycles. The highest BCUT2D eigenvalue weighted by Crippen LogP contribution is 2.75. The van der Waals surface area contributed by atoms with Crippen LogP contribution in [0.25, 0.3) is 0 Å². The molecule has 0 aliphatic heterocycles. The minimum Gasteiger partial charge on any atom is -0.393 e. The third-order valence-corrected chi connectivity index (χ3v) is 16.7. The van der Waals surface area contributed by atoms with Crippen molar-refractivity contribution in [1.29, 1.82) is 0 Å². The lowest BCUT2D eigenvalue weighted by Gasteiger charge is -2.71. The van der Waals surface area contributed by atoms with Gasteiger partial charge in [0.05, 0.1) is 11.5 Å². The Kier molecular flexibility index (Phi) is 16.4. The maximum atomic E-state index is 14.4. The lowest BCUT2D eigenvalue weighted by Crippen LogP contribution is -2.65. The van der Waals surface area contributed by atoms with Crippen molar-refractivity contribution >= 4 is 11.8 Å². The van der Waals surface area contributed by atoms with Crippen molar-refractivity contribution in [2.24, 2.45) is 50.7 Å². The molecule has 0 bridgehead atoms. The van der Waals surface area contributed by atoms with E-state index in [1.165, 1.54) is 19.3 Å². The Balaban J connectivity index is 1.04. The van der Waals surface area contributed by atoms with Gasteiger partial charge >= 0.3 is 0 Å². The van der Waals surface area contributed by atoms with Gasteiger partial charge in [-0.15, -0.1) is 0 Å². The molecule has 0 aromatic carbocycles. The van der Waals surface area contributed by atoms with E-state index in [0.29, 0.717) is 37.3 Å². The van der Waals surface area contributed by atoms with E-state index in [4.69, 9.17) is 0 Å². The zero-order valence-electron chi connectivity index (χ0n) is 37.8. The molecule has 3 N–H and O–H groups in total. The maximum absolute atomic E-state index is 14.4. The predicted octanol–water partition coefficient (Wildman–Crippen LogP) is 12.5. The Labute approximate surface area is 354 Å². The summed E-state index contributed by atoms with van der Waals surface area (Å²) in [6, 6.07) is 0. The summed E-state index contributed by atoms with van der Waals surface area (Å²) in [7, 11) is 0. The van der Waals surface area contributed by atoms with Crippen LogP contribution in [0.5, 0.6) is 0 Å². The first-order chi connectivity index (χ1) is 27.8. The Morgan fingerprint density at radius 2 is 1.29 bits per heavy atom. The zero-order chi connectivity index (χ0) is 41.9. The number of allylic oxidation sites excluding steroid dienone is 14. The average molecular weight is 795 g/mol. The number of fused-ring (bicyclic) bond motifs is 7. The standard InChI is InChI=1S/C53H82N2O3/c1-8-9-10-11-12-13-14-15-16-17-18-19-20-21-22-23-24-25-26-29-46(57)54-39-40-55-48(58)53-34-27-28-41(2)47(53)42-30-31-44-50(5)35-33-45(56)49(3,4)43(50)32-36-52(44,7)51(42,6)37-38-53/h9-10,12-13,15-16,18-19,21-22,24-25,30,41,43-45,47,56H,8,11,14,17,20,23,26-29,31-40H2,1-7H3,(H,54,57)(H,55,58). The molecule has 4 fully saturated rings. The van der Waals surface area contributed by atoms with Crippen molar-refractivity contribution in [3.63, 3.8) is 0 Å². The van der Waals surface area contributed by atoms with Crippen LogP contribution in [-0.4, -0.2) is 36.1 Å². The first-order valence-corrected chi connectivity index (χ1v) is 23.6. The topological polar surface area (TPSA) is 78.4 Å². The quantitative estimate of drug-likeness (QED) is 0.0955. The number of hydrogen-bond acceptors (Lipinski definition) is 3. The van der Waals surface area contributed by atoms with Crippen LogP contribution in [0.3, 0.4) is 0 Å². The minimum atomic E-state index is -0.357. The average Bonchev–Trinajstić information content (AvgIpc) is 3.19. The lowest BCUT2D eigenvalue weighted by atomic mass is 9.33. The van der Waals surface area contributed by atoms with E-state index in [-0.39, 0.29) is 50.9 Å². The number of carbonyl (C=O) groups excluding carboxylic acids is 2. The smallest absolute Gasteiger partial charge is 0.226 e. The summed E-state index contributed by atoms with van der Waals surface area (Å²) in [4.78, 5) is 27.0. The molecule has 2 amide bonds. The zero-order valence-corrected chi connectivity index (χ0v) is 37.8. The molecule has 9 atom stereocenters. The van der Waals surface area contributed by atoms with Gasteiger partial charge in [0, 0.05) is 19.5 Å². The summed E-state index contributed by atoms with van der Waals surface area (Å²) >= 11 is 0. The third-order valence-electron chi connectivity index (χ3n) is 16.7. The Bertz CT molecular complexity index is 1600. The van der Waals surface area contributed by atoms with Crippen LogP contribution < -0.4 is 10.6 Å². The molecule has 322 valence electrons. The van der Waals surface area contributed by atoms with E-state index in [1.54, 1.807) is 5.57 Å². The highest BCUT2D eigenvalue weighted by Gasteiger charge is 2.69. The maximum Gasteiger partial charge on any atom is 0.226 e. The van der Waals surface area contributed by atoms with E-state index in [1.807, 2.05) is 0 Å². The number of aliphatic hydroxyl groups is 1. The molecule has 5 rings (SSSR count). The van der Waals surface area contributed by atoms with Crippen molar-refractivity contribution in [2.45, 2.75) is 170 Å². The van der Waals surface area contributed by atoms with Crippen LogP contribution in [0.1, 0.15) is 164 Å². The molecular formula is C53H82N2O3. The fourth-order valence-electron chi connectivity index (χ4n) is 13.3. The van der Waals surface area contributed by atoms with Crippen LogP contribution in [0.15, 0.2) is 84.6 Å². The summed E-state index contributed by atoms with van der Waals surface area (Å²) in [6.45, 7) is 17.9. The Morgan fingerprint density at radius 3 is 1.91 bits per heavy atom. The second kappa shape index (κ2) is 20.6. The van der Waals surface area contributed by atoms with Crippen molar-refractivity contribution in [1.82, 2.24) is 10.6 Å². The van der Waals surface area contributed by atoms with Gasteiger partial charge in [-0.05, 0) is 142 Å². The monoisotopic (exact) mass is 795 g/mol. The number of rotatable bonds is 18. The van der Waals surface area contributed by atoms with E-state index in [9.17, 15) is 14.7 Å².